The third kappa shape index (κ3) is 3.61. The highest BCUT2D eigenvalue weighted by Crippen LogP contribution is 2.20. The summed E-state index contributed by atoms with van der Waals surface area (Å²) < 4.78 is 6.03. The number of nitrogens with two attached hydrogens (primary N) is 1. The topological polar surface area (TPSA) is 68.3 Å². The van der Waals surface area contributed by atoms with Crippen molar-refractivity contribution < 1.29 is 9.21 Å². The monoisotopic (exact) mass is 322 g/mol. The molecule has 1 heterocycles. The number of furan rings is 1. The minimum Gasteiger partial charge on any atom is -0.469 e. The van der Waals surface area contributed by atoms with E-state index < -0.39 is 0 Å². The molecule has 4 nitrogen and oxygen atoms in total. The Labute approximate surface area is 120 Å². The molecule has 2 aromatic rings. The zero-order chi connectivity index (χ0) is 13.8. The van der Waals surface area contributed by atoms with Gasteiger partial charge in [-0.2, -0.15) is 0 Å². The molecule has 0 saturated heterocycles. The van der Waals surface area contributed by atoms with Gasteiger partial charge in [-0.15, -0.1) is 0 Å². The number of amides is 1. The van der Waals surface area contributed by atoms with Gasteiger partial charge in [-0.25, -0.2) is 0 Å². The first-order chi connectivity index (χ1) is 9.06. The predicted molar refractivity (Wildman–Crippen MR) is 77.9 cm³/mol. The van der Waals surface area contributed by atoms with Crippen molar-refractivity contribution in [2.45, 2.75) is 19.4 Å². The molecule has 5 heteroatoms. The summed E-state index contributed by atoms with van der Waals surface area (Å²) in [5, 5.41) is 2.91. The molecular formula is C14H15BrN2O2. The summed E-state index contributed by atoms with van der Waals surface area (Å²) in [5.74, 6) is 0.710. The molecule has 3 N–H and O–H groups in total. The second-order valence-corrected chi connectivity index (χ2v) is 5.25. The van der Waals surface area contributed by atoms with E-state index in [2.05, 4.69) is 21.2 Å². The summed E-state index contributed by atoms with van der Waals surface area (Å²) in [6.07, 6.45) is 2.28. The van der Waals surface area contributed by atoms with Crippen molar-refractivity contribution in [3.8, 4) is 0 Å². The molecule has 0 aliphatic rings. The largest absolute Gasteiger partial charge is 0.469 e. The molecule has 1 atom stereocenters. The maximum absolute atomic E-state index is 12.0. The molecule has 19 heavy (non-hydrogen) atoms. The number of hydrogen-bond donors (Lipinski definition) is 2. The summed E-state index contributed by atoms with van der Waals surface area (Å²) >= 11 is 3.30. The van der Waals surface area contributed by atoms with Crippen LogP contribution in [0.1, 0.15) is 23.0 Å². The SMILES string of the molecule is CC(Cc1ccco1)NC(=O)c1ccc(Br)c(N)c1. The van der Waals surface area contributed by atoms with E-state index in [4.69, 9.17) is 10.2 Å². The summed E-state index contributed by atoms with van der Waals surface area (Å²) in [4.78, 5) is 12.0. The van der Waals surface area contributed by atoms with Crippen LogP contribution in [0, 0.1) is 0 Å². The second-order valence-electron chi connectivity index (χ2n) is 4.39. The van der Waals surface area contributed by atoms with Crippen LogP contribution in [0.4, 0.5) is 5.69 Å². The average molecular weight is 323 g/mol. The lowest BCUT2D eigenvalue weighted by Gasteiger charge is -2.13. The van der Waals surface area contributed by atoms with E-state index in [0.717, 1.165) is 10.2 Å². The summed E-state index contributed by atoms with van der Waals surface area (Å²) in [5.41, 5.74) is 6.85. The smallest absolute Gasteiger partial charge is 0.251 e. The van der Waals surface area contributed by atoms with Crippen LogP contribution in [0.5, 0.6) is 0 Å². The Bertz CT molecular complexity index is 567. The number of nitrogens with one attached hydrogen (secondary N) is 1. The number of benzene rings is 1. The van der Waals surface area contributed by atoms with Gasteiger partial charge in [0.1, 0.15) is 5.76 Å². The van der Waals surface area contributed by atoms with E-state index >= 15 is 0 Å². The van der Waals surface area contributed by atoms with Crippen LogP contribution in [0.25, 0.3) is 0 Å². The van der Waals surface area contributed by atoms with Crippen molar-refractivity contribution in [2.75, 3.05) is 5.73 Å². The lowest BCUT2D eigenvalue weighted by atomic mass is 10.1. The van der Waals surface area contributed by atoms with Crippen molar-refractivity contribution in [1.82, 2.24) is 5.32 Å². The first-order valence-corrected chi connectivity index (χ1v) is 6.74. The van der Waals surface area contributed by atoms with E-state index in [1.54, 1.807) is 24.5 Å². The standard InChI is InChI=1S/C14H15BrN2O2/c1-9(7-11-3-2-6-19-11)17-14(18)10-4-5-12(15)13(16)8-10/h2-6,8-9H,7,16H2,1H3,(H,17,18). The minimum absolute atomic E-state index is 0.0106. The van der Waals surface area contributed by atoms with Gasteiger partial charge < -0.3 is 15.5 Å². The highest BCUT2D eigenvalue weighted by molar-refractivity contribution is 9.10. The quantitative estimate of drug-likeness (QED) is 0.850. The van der Waals surface area contributed by atoms with E-state index in [0.29, 0.717) is 17.7 Å². The van der Waals surface area contributed by atoms with Gasteiger partial charge in [-0.05, 0) is 53.2 Å². The van der Waals surface area contributed by atoms with Crippen molar-refractivity contribution in [1.29, 1.82) is 0 Å². The van der Waals surface area contributed by atoms with Crippen molar-refractivity contribution in [2.24, 2.45) is 0 Å². The van der Waals surface area contributed by atoms with Crippen LogP contribution in [0.2, 0.25) is 0 Å². The molecular weight excluding hydrogens is 308 g/mol. The zero-order valence-electron chi connectivity index (χ0n) is 10.5. The fourth-order valence-electron chi connectivity index (χ4n) is 1.77. The van der Waals surface area contributed by atoms with Crippen LogP contribution in [-0.2, 0) is 6.42 Å². The van der Waals surface area contributed by atoms with Crippen molar-refractivity contribution in [3.05, 3.63) is 52.4 Å². The molecule has 1 unspecified atom stereocenters. The third-order valence-electron chi connectivity index (χ3n) is 2.72. The van der Waals surface area contributed by atoms with Crippen LogP contribution >= 0.6 is 15.9 Å². The molecule has 2 rings (SSSR count). The summed E-state index contributed by atoms with van der Waals surface area (Å²) in [6, 6.07) is 8.86. The molecule has 0 bridgehead atoms. The van der Waals surface area contributed by atoms with Gasteiger partial charge in [0.05, 0.1) is 6.26 Å². The zero-order valence-corrected chi connectivity index (χ0v) is 12.1. The Hall–Kier alpha value is -1.75. The van der Waals surface area contributed by atoms with Gasteiger partial charge in [-0.3, -0.25) is 4.79 Å². The number of carbonyl (C=O) groups is 1. The van der Waals surface area contributed by atoms with E-state index in [1.165, 1.54) is 0 Å². The average Bonchev–Trinajstić information content (AvgIpc) is 2.85. The van der Waals surface area contributed by atoms with Gasteiger partial charge in [-0.1, -0.05) is 0 Å². The number of rotatable bonds is 4. The molecule has 0 radical (unpaired) electrons. The summed E-state index contributed by atoms with van der Waals surface area (Å²) in [6.45, 7) is 1.93. The van der Waals surface area contributed by atoms with Crippen LogP contribution < -0.4 is 11.1 Å². The Kier molecular flexibility index (Phi) is 4.27. The Morgan fingerprint density at radius 1 is 1.47 bits per heavy atom. The lowest BCUT2D eigenvalue weighted by Crippen LogP contribution is -2.34. The first-order valence-electron chi connectivity index (χ1n) is 5.94. The molecule has 1 aromatic heterocycles. The maximum Gasteiger partial charge on any atom is 0.251 e. The molecule has 0 fully saturated rings. The fourth-order valence-corrected chi connectivity index (χ4v) is 2.02. The number of halogens is 1. The highest BCUT2D eigenvalue weighted by atomic mass is 79.9. The molecule has 1 aromatic carbocycles. The van der Waals surface area contributed by atoms with E-state index in [-0.39, 0.29) is 11.9 Å². The third-order valence-corrected chi connectivity index (χ3v) is 3.45. The Morgan fingerprint density at radius 3 is 2.89 bits per heavy atom. The minimum atomic E-state index is -0.141. The molecule has 100 valence electrons. The van der Waals surface area contributed by atoms with Crippen LogP contribution in [-0.4, -0.2) is 11.9 Å². The molecule has 0 aliphatic carbocycles. The second kappa shape index (κ2) is 5.93. The number of nitrogen functional groups attached to an aromatic ring is 1. The molecule has 0 saturated carbocycles. The fraction of sp³-hybridized carbons (Fsp3) is 0.214. The van der Waals surface area contributed by atoms with Crippen LogP contribution in [0.15, 0.2) is 45.5 Å². The number of anilines is 1. The van der Waals surface area contributed by atoms with Gasteiger partial charge in [0.15, 0.2) is 0 Å². The van der Waals surface area contributed by atoms with Crippen molar-refractivity contribution in [3.63, 3.8) is 0 Å². The molecule has 0 spiro atoms. The van der Waals surface area contributed by atoms with Crippen LogP contribution in [0.3, 0.4) is 0 Å². The molecule has 1 amide bonds. The molecule has 0 aliphatic heterocycles. The maximum atomic E-state index is 12.0. The normalized spacial score (nSPS) is 12.1. The number of hydrogen-bond acceptors (Lipinski definition) is 3. The highest BCUT2D eigenvalue weighted by Gasteiger charge is 2.12. The first kappa shape index (κ1) is 13.7. The van der Waals surface area contributed by atoms with Gasteiger partial charge in [0.2, 0.25) is 0 Å². The van der Waals surface area contributed by atoms with E-state index in [1.807, 2.05) is 19.1 Å². The Balaban J connectivity index is 1.98. The van der Waals surface area contributed by atoms with Gasteiger partial charge in [0, 0.05) is 28.2 Å². The lowest BCUT2D eigenvalue weighted by molar-refractivity contribution is 0.0939. The van der Waals surface area contributed by atoms with Crippen molar-refractivity contribution >= 4 is 27.5 Å². The van der Waals surface area contributed by atoms with Gasteiger partial charge >= 0.3 is 0 Å². The predicted octanol–water partition coefficient (Wildman–Crippen LogP) is 2.99. The Morgan fingerprint density at radius 2 is 2.26 bits per heavy atom. The summed E-state index contributed by atoms with van der Waals surface area (Å²) in [7, 11) is 0. The number of carbonyl (C=O) groups excluding carboxylic acids is 1. The van der Waals surface area contributed by atoms with E-state index in [9.17, 15) is 4.79 Å². The van der Waals surface area contributed by atoms with Gasteiger partial charge in [0.25, 0.3) is 5.91 Å².